The van der Waals surface area contributed by atoms with Crippen LogP contribution in [0.1, 0.15) is 18.4 Å². The molecule has 0 radical (unpaired) electrons. The lowest BCUT2D eigenvalue weighted by molar-refractivity contribution is -0.246. The second-order valence-corrected chi connectivity index (χ2v) is 8.77. The lowest BCUT2D eigenvalue weighted by Gasteiger charge is -2.27. The minimum absolute atomic E-state index is 0.0715. The Morgan fingerprint density at radius 1 is 1.12 bits per heavy atom. The zero-order valence-electron chi connectivity index (χ0n) is 17.0. The molecule has 0 bridgehead atoms. The van der Waals surface area contributed by atoms with E-state index in [0.29, 0.717) is 23.4 Å². The number of nitrogens with zero attached hydrogens (tertiary/aromatic N) is 2. The molecule has 1 aliphatic heterocycles. The number of ether oxygens (including phenoxy) is 1. The molecule has 5 rings (SSSR count). The first-order chi connectivity index (χ1) is 16.1. The number of hydrogen-bond donors (Lipinski definition) is 2. The molecule has 2 aliphatic rings. The molecule has 1 saturated carbocycles. The number of benzene rings is 2. The van der Waals surface area contributed by atoms with Crippen LogP contribution in [-0.2, 0) is 15.1 Å². The number of rotatable bonds is 4. The van der Waals surface area contributed by atoms with Crippen LogP contribution in [0.5, 0.6) is 0 Å². The summed E-state index contributed by atoms with van der Waals surface area (Å²) in [6, 6.07) is 7.08. The Bertz CT molecular complexity index is 1320. The maximum absolute atomic E-state index is 14.2. The monoisotopic (exact) mass is 494 g/mol. The lowest BCUT2D eigenvalue weighted by Crippen LogP contribution is -2.50. The van der Waals surface area contributed by atoms with Gasteiger partial charge in [-0.1, -0.05) is 17.4 Å². The first-order valence-corrected chi connectivity index (χ1v) is 10.8. The van der Waals surface area contributed by atoms with Gasteiger partial charge >= 0.3 is 23.9 Å². The molecular formula is C21H14F4N4O4S. The Labute approximate surface area is 192 Å². The predicted molar refractivity (Wildman–Crippen MR) is 113 cm³/mol. The molecular weight excluding hydrogens is 480 g/mol. The molecule has 34 heavy (non-hydrogen) atoms. The highest BCUT2D eigenvalue weighted by Gasteiger charge is 2.72. The normalized spacial score (nSPS) is 20.5. The van der Waals surface area contributed by atoms with Gasteiger partial charge in [-0.05, 0) is 49.2 Å². The van der Waals surface area contributed by atoms with Crippen molar-refractivity contribution in [1.82, 2.24) is 9.88 Å². The summed E-state index contributed by atoms with van der Waals surface area (Å²) in [5.41, 5.74) is -3.42. The number of imide groups is 1. The number of hydrogen-bond acceptors (Lipinski definition) is 6. The highest BCUT2D eigenvalue weighted by atomic mass is 32.1. The number of aromatic nitrogens is 1. The topological polar surface area (TPSA) is 101 Å². The number of urea groups is 1. The molecule has 13 heteroatoms. The smallest absolute Gasteiger partial charge is 0.417 e. The summed E-state index contributed by atoms with van der Waals surface area (Å²) in [4.78, 5) is 41.8. The number of halogens is 4. The van der Waals surface area contributed by atoms with Crippen LogP contribution in [0.3, 0.4) is 0 Å². The van der Waals surface area contributed by atoms with Crippen LogP contribution in [0, 0.1) is 5.82 Å². The van der Waals surface area contributed by atoms with Crippen molar-refractivity contribution >= 4 is 50.4 Å². The van der Waals surface area contributed by atoms with Gasteiger partial charge in [0.05, 0.1) is 10.2 Å². The molecule has 1 atom stereocenters. The summed E-state index contributed by atoms with van der Waals surface area (Å²) < 4.78 is 60.4. The van der Waals surface area contributed by atoms with Gasteiger partial charge in [0.2, 0.25) is 0 Å². The largest absolute Gasteiger partial charge is 0.442 e. The van der Waals surface area contributed by atoms with E-state index in [9.17, 15) is 31.9 Å². The number of thiazole rings is 1. The number of nitrogens with one attached hydrogen (secondary N) is 2. The molecule has 0 spiro atoms. The van der Waals surface area contributed by atoms with Gasteiger partial charge in [0.15, 0.2) is 5.13 Å². The minimum atomic E-state index is -5.20. The maximum atomic E-state index is 14.2. The number of amides is 4. The molecule has 2 heterocycles. The third-order valence-corrected chi connectivity index (χ3v) is 6.32. The highest BCUT2D eigenvalue weighted by molar-refractivity contribution is 7.22. The second kappa shape index (κ2) is 7.65. The third kappa shape index (κ3) is 3.61. The van der Waals surface area contributed by atoms with E-state index in [-0.39, 0.29) is 15.3 Å². The van der Waals surface area contributed by atoms with E-state index in [1.165, 1.54) is 18.2 Å². The van der Waals surface area contributed by atoms with E-state index >= 15 is 0 Å². The standard InChI is InChI=1S/C21H14F4N4O4S/c22-11-2-4-12(5-3-11)26-17(31)28-18-27-14-8-1-10(9-15(14)34-18)20(21(23,24)25)16(30)29(13-6-7-13)19(32)33-20/h1-5,8-9,13H,6-7H2,(H2,26,27,28,31)/t20-/m0/s1. The van der Waals surface area contributed by atoms with Crippen molar-refractivity contribution in [2.45, 2.75) is 30.7 Å². The zero-order valence-corrected chi connectivity index (χ0v) is 17.8. The number of alkyl halides is 3. The van der Waals surface area contributed by atoms with Crippen LogP contribution >= 0.6 is 11.3 Å². The van der Waals surface area contributed by atoms with Crippen molar-refractivity contribution in [1.29, 1.82) is 0 Å². The van der Waals surface area contributed by atoms with E-state index < -0.39 is 47.2 Å². The third-order valence-electron chi connectivity index (χ3n) is 5.39. The Morgan fingerprint density at radius 2 is 1.82 bits per heavy atom. The first-order valence-electron chi connectivity index (χ1n) is 9.96. The maximum Gasteiger partial charge on any atom is 0.442 e. The van der Waals surface area contributed by atoms with Crippen LogP contribution in [0.15, 0.2) is 42.5 Å². The number of cyclic esters (lactones) is 1. The number of carbonyl (C=O) groups is 3. The molecule has 2 aromatic carbocycles. The van der Waals surface area contributed by atoms with Crippen molar-refractivity contribution in [3.63, 3.8) is 0 Å². The van der Waals surface area contributed by atoms with Gasteiger partial charge in [0.1, 0.15) is 5.82 Å². The van der Waals surface area contributed by atoms with E-state index in [0.717, 1.165) is 35.6 Å². The number of fused-ring (bicyclic) bond motifs is 1. The van der Waals surface area contributed by atoms with Crippen LogP contribution in [0.2, 0.25) is 0 Å². The fraction of sp³-hybridized carbons (Fsp3) is 0.238. The zero-order chi connectivity index (χ0) is 24.3. The molecule has 0 unspecified atom stereocenters. The second-order valence-electron chi connectivity index (χ2n) is 7.74. The minimum Gasteiger partial charge on any atom is -0.417 e. The average molecular weight is 494 g/mol. The lowest BCUT2D eigenvalue weighted by atomic mass is 9.92. The Kier molecular flexibility index (Phi) is 4.97. The summed E-state index contributed by atoms with van der Waals surface area (Å²) in [5, 5.41) is 4.99. The average Bonchev–Trinajstić information content (AvgIpc) is 3.44. The summed E-state index contributed by atoms with van der Waals surface area (Å²) in [6.07, 6.45) is -5.67. The molecule has 4 amide bonds. The summed E-state index contributed by atoms with van der Waals surface area (Å²) >= 11 is 0.867. The molecule has 1 saturated heterocycles. The molecule has 2 N–H and O–H groups in total. The van der Waals surface area contributed by atoms with Crippen molar-refractivity contribution < 1.29 is 36.7 Å². The quantitative estimate of drug-likeness (QED) is 0.499. The van der Waals surface area contributed by atoms with Gasteiger partial charge in [-0.25, -0.2) is 23.9 Å². The molecule has 2 fully saturated rings. The van der Waals surface area contributed by atoms with E-state index in [2.05, 4.69) is 15.6 Å². The first kappa shape index (κ1) is 22.1. The van der Waals surface area contributed by atoms with Gasteiger partial charge < -0.3 is 10.1 Å². The predicted octanol–water partition coefficient (Wildman–Crippen LogP) is 4.98. The molecule has 176 valence electrons. The molecule has 1 aromatic heterocycles. The highest BCUT2D eigenvalue weighted by Crippen LogP contribution is 2.50. The van der Waals surface area contributed by atoms with Gasteiger partial charge in [0.25, 0.3) is 5.91 Å². The SMILES string of the molecule is O=C(Nc1ccc(F)cc1)Nc1nc2ccc([C@]3(C(F)(F)F)OC(=O)N(C4CC4)C3=O)cc2s1. The Balaban J connectivity index is 1.43. The number of anilines is 2. The van der Waals surface area contributed by atoms with Crippen LogP contribution in [0.25, 0.3) is 10.2 Å². The van der Waals surface area contributed by atoms with Crippen LogP contribution < -0.4 is 10.6 Å². The van der Waals surface area contributed by atoms with Crippen molar-refractivity contribution in [3.05, 3.63) is 53.8 Å². The van der Waals surface area contributed by atoms with Crippen molar-refractivity contribution in [2.24, 2.45) is 0 Å². The van der Waals surface area contributed by atoms with E-state index in [1.54, 1.807) is 0 Å². The fourth-order valence-corrected chi connectivity index (χ4v) is 4.54. The fourth-order valence-electron chi connectivity index (χ4n) is 3.64. The summed E-state index contributed by atoms with van der Waals surface area (Å²) in [6.45, 7) is 0. The molecule has 1 aliphatic carbocycles. The Morgan fingerprint density at radius 3 is 2.47 bits per heavy atom. The van der Waals surface area contributed by atoms with Gasteiger partial charge in [0, 0.05) is 17.3 Å². The van der Waals surface area contributed by atoms with E-state index in [1.807, 2.05) is 0 Å². The molecule has 3 aromatic rings. The van der Waals surface area contributed by atoms with Crippen molar-refractivity contribution in [2.75, 3.05) is 10.6 Å². The van der Waals surface area contributed by atoms with Gasteiger partial charge in [-0.2, -0.15) is 13.2 Å². The Hall–Kier alpha value is -3.74. The van der Waals surface area contributed by atoms with Crippen LogP contribution in [0.4, 0.5) is 38.0 Å². The van der Waals surface area contributed by atoms with Gasteiger partial charge in [-0.3, -0.25) is 10.1 Å². The summed E-state index contributed by atoms with van der Waals surface area (Å²) in [5.74, 6) is -1.94. The molecule has 8 nitrogen and oxygen atoms in total. The number of carbonyl (C=O) groups excluding carboxylic acids is 3. The van der Waals surface area contributed by atoms with E-state index in [4.69, 9.17) is 4.74 Å². The summed E-state index contributed by atoms with van der Waals surface area (Å²) in [7, 11) is 0. The van der Waals surface area contributed by atoms with Gasteiger partial charge in [-0.15, -0.1) is 0 Å². The van der Waals surface area contributed by atoms with Crippen molar-refractivity contribution in [3.8, 4) is 0 Å². The van der Waals surface area contributed by atoms with Crippen LogP contribution in [-0.4, -0.2) is 40.1 Å².